The largest absolute Gasteiger partial charge is 0.497 e. The average Bonchev–Trinajstić information content (AvgIpc) is 3.07. The zero-order valence-electron chi connectivity index (χ0n) is 27.2. The first-order valence-electron chi connectivity index (χ1n) is 15.1. The summed E-state index contributed by atoms with van der Waals surface area (Å²) in [5.74, 6) is -13.3. The molecule has 4 amide bonds. The third-order valence-corrected chi connectivity index (χ3v) is 7.80. The van der Waals surface area contributed by atoms with Crippen LogP contribution in [0.5, 0.6) is 5.75 Å². The topological polar surface area (TPSA) is 143 Å². The van der Waals surface area contributed by atoms with Crippen molar-refractivity contribution in [1.82, 2.24) is 21.3 Å². The van der Waals surface area contributed by atoms with Gasteiger partial charge in [-0.15, -0.1) is 0 Å². The number of nitrogens with one attached hydrogen (secondary N) is 4. The van der Waals surface area contributed by atoms with Crippen molar-refractivity contribution in [3.63, 3.8) is 0 Å². The second-order valence-corrected chi connectivity index (χ2v) is 12.4. The molecule has 0 saturated heterocycles. The van der Waals surface area contributed by atoms with Gasteiger partial charge < -0.3 is 26.0 Å². The molecule has 0 aliphatic rings. The van der Waals surface area contributed by atoms with E-state index < -0.39 is 72.1 Å². The van der Waals surface area contributed by atoms with E-state index in [0.717, 1.165) is 5.32 Å². The second-order valence-electron chi connectivity index (χ2n) is 11.6. The van der Waals surface area contributed by atoms with E-state index >= 15 is 0 Å². The van der Waals surface area contributed by atoms with Crippen molar-refractivity contribution in [2.45, 2.75) is 50.5 Å². The summed E-state index contributed by atoms with van der Waals surface area (Å²) in [7, 11) is 1.37. The van der Waals surface area contributed by atoms with E-state index in [1.54, 1.807) is 24.3 Å². The number of amides is 4. The van der Waals surface area contributed by atoms with Crippen molar-refractivity contribution in [2.75, 3.05) is 13.7 Å². The molecule has 0 heterocycles. The number of benzene rings is 3. The van der Waals surface area contributed by atoms with Gasteiger partial charge in [0.2, 0.25) is 17.6 Å². The van der Waals surface area contributed by atoms with E-state index in [1.807, 2.05) is 0 Å². The highest BCUT2D eigenvalue weighted by atomic mass is 35.5. The van der Waals surface area contributed by atoms with Crippen LogP contribution in [0.4, 0.5) is 22.0 Å². The minimum absolute atomic E-state index is 0.0777. The predicted molar refractivity (Wildman–Crippen MR) is 178 cm³/mol. The van der Waals surface area contributed by atoms with E-state index in [-0.39, 0.29) is 22.6 Å². The van der Waals surface area contributed by atoms with Crippen LogP contribution in [0.25, 0.3) is 0 Å². The van der Waals surface area contributed by atoms with E-state index in [2.05, 4.69) is 16.0 Å². The number of ketones is 1. The summed E-state index contributed by atoms with van der Waals surface area (Å²) >= 11 is 12.2. The molecule has 17 heteroatoms. The third-order valence-electron chi connectivity index (χ3n) is 7.33. The fraction of sp³-hybridized carbons (Fsp3) is 0.324. The third kappa shape index (κ3) is 11.6. The molecule has 3 aromatic carbocycles. The van der Waals surface area contributed by atoms with E-state index in [1.165, 1.54) is 69.5 Å². The van der Waals surface area contributed by atoms with Gasteiger partial charge in [0.15, 0.2) is 0 Å². The van der Waals surface area contributed by atoms with Gasteiger partial charge in [-0.3, -0.25) is 24.0 Å². The van der Waals surface area contributed by atoms with Gasteiger partial charge in [-0.1, -0.05) is 67.4 Å². The molecule has 0 radical (unpaired) electrons. The Kier molecular flexibility index (Phi) is 13.9. The molecule has 0 spiro atoms. The zero-order chi connectivity index (χ0) is 38.1. The van der Waals surface area contributed by atoms with Crippen LogP contribution in [0.15, 0.2) is 72.8 Å². The zero-order valence-corrected chi connectivity index (χ0v) is 28.8. The van der Waals surface area contributed by atoms with E-state index in [9.17, 15) is 45.9 Å². The lowest BCUT2D eigenvalue weighted by Gasteiger charge is -2.28. The van der Waals surface area contributed by atoms with Crippen molar-refractivity contribution in [3.05, 3.63) is 99.5 Å². The van der Waals surface area contributed by atoms with Crippen molar-refractivity contribution in [2.24, 2.45) is 5.92 Å². The van der Waals surface area contributed by atoms with Gasteiger partial charge in [-0.25, -0.2) is 0 Å². The van der Waals surface area contributed by atoms with Gasteiger partial charge >= 0.3 is 12.1 Å². The molecule has 51 heavy (non-hydrogen) atoms. The Morgan fingerprint density at radius 3 is 1.94 bits per heavy atom. The number of hydrogen-bond donors (Lipinski definition) is 4. The Morgan fingerprint density at radius 2 is 1.39 bits per heavy atom. The molecule has 3 rings (SSSR count). The van der Waals surface area contributed by atoms with Crippen molar-refractivity contribution < 1.29 is 50.7 Å². The summed E-state index contributed by atoms with van der Waals surface area (Å²) in [5.41, 5.74) is 0.694. The van der Waals surface area contributed by atoms with Gasteiger partial charge in [0.25, 0.3) is 11.8 Å². The van der Waals surface area contributed by atoms with Crippen LogP contribution >= 0.6 is 23.2 Å². The van der Waals surface area contributed by atoms with Crippen LogP contribution in [-0.4, -0.2) is 67.2 Å². The summed E-state index contributed by atoms with van der Waals surface area (Å²) < 4.78 is 72.5. The number of Topliss-reactive ketones (excluding diaryl/α,β-unsaturated/α-hetero) is 1. The lowest BCUT2D eigenvalue weighted by molar-refractivity contribution is -0.165. The Hall–Kier alpha value is -4.76. The number of ether oxygens (including phenoxy) is 1. The first-order valence-corrected chi connectivity index (χ1v) is 15.9. The summed E-state index contributed by atoms with van der Waals surface area (Å²) in [6, 6.07) is 12.7. The maximum atomic E-state index is 14.9. The highest BCUT2D eigenvalue weighted by Gasteiger charge is 2.52. The molecular formula is C34H33Cl2F5N4O6. The Balaban J connectivity index is 1.97. The molecule has 0 aliphatic heterocycles. The molecule has 0 aromatic heterocycles. The molecule has 0 saturated carbocycles. The van der Waals surface area contributed by atoms with Gasteiger partial charge in [0.05, 0.1) is 13.2 Å². The number of halogens is 7. The number of alkyl halides is 5. The summed E-state index contributed by atoms with van der Waals surface area (Å²) in [6.45, 7) is 0.378. The molecule has 3 aromatic rings. The van der Waals surface area contributed by atoms with Crippen LogP contribution in [0, 0.1) is 5.92 Å². The first kappa shape index (κ1) is 40.7. The van der Waals surface area contributed by atoms with Crippen LogP contribution in [0.1, 0.15) is 41.4 Å². The quantitative estimate of drug-likeness (QED) is 0.124. The maximum Gasteiger partial charge on any atom is 0.405 e. The molecule has 0 fully saturated rings. The van der Waals surface area contributed by atoms with Crippen LogP contribution in [0.3, 0.4) is 0 Å². The molecule has 274 valence electrons. The number of methoxy groups -OCH3 is 1. The van der Waals surface area contributed by atoms with Crippen molar-refractivity contribution >= 4 is 52.6 Å². The minimum Gasteiger partial charge on any atom is -0.497 e. The van der Waals surface area contributed by atoms with Crippen LogP contribution in [0.2, 0.25) is 10.0 Å². The number of carbonyl (C=O) groups excluding carboxylic acids is 5. The first-order chi connectivity index (χ1) is 23.8. The molecule has 0 bridgehead atoms. The van der Waals surface area contributed by atoms with Crippen molar-refractivity contribution in [3.8, 4) is 5.75 Å². The Morgan fingerprint density at radius 1 is 0.784 bits per heavy atom. The summed E-state index contributed by atoms with van der Waals surface area (Å²) in [6.07, 6.45) is -5.18. The lowest BCUT2D eigenvalue weighted by Crippen LogP contribution is -2.58. The SMILES string of the molecule is COc1ccc(C(NC(=O)C(Cc2cccc(Cl)c2)NC(=O)c2cccc(Cl)c2)C(=O)NC(C(=O)C(F)(F)C(=O)NCC(F)(F)F)C(C)C)cc1. The van der Waals surface area contributed by atoms with E-state index in [4.69, 9.17) is 27.9 Å². The van der Waals surface area contributed by atoms with Gasteiger partial charge in [-0.2, -0.15) is 22.0 Å². The van der Waals surface area contributed by atoms with Gasteiger partial charge in [0.1, 0.15) is 24.4 Å². The van der Waals surface area contributed by atoms with Crippen LogP contribution < -0.4 is 26.0 Å². The normalized spacial score (nSPS) is 13.4. The average molecular weight is 760 g/mol. The highest BCUT2D eigenvalue weighted by molar-refractivity contribution is 6.31. The molecule has 10 nitrogen and oxygen atoms in total. The summed E-state index contributed by atoms with van der Waals surface area (Å²) in [5, 5.41) is 8.74. The Labute approximate surface area is 299 Å². The fourth-order valence-electron chi connectivity index (χ4n) is 4.69. The Bertz CT molecular complexity index is 1740. The molecular weight excluding hydrogens is 726 g/mol. The predicted octanol–water partition coefficient (Wildman–Crippen LogP) is 5.22. The highest BCUT2D eigenvalue weighted by Crippen LogP contribution is 2.24. The maximum absolute atomic E-state index is 14.9. The lowest BCUT2D eigenvalue weighted by atomic mass is 9.94. The van der Waals surface area contributed by atoms with Gasteiger partial charge in [-0.05, 0) is 59.5 Å². The monoisotopic (exact) mass is 758 g/mol. The molecule has 0 aliphatic carbocycles. The fourth-order valence-corrected chi connectivity index (χ4v) is 5.09. The minimum atomic E-state index is -5.04. The smallest absolute Gasteiger partial charge is 0.405 e. The number of carbonyl (C=O) groups is 5. The number of hydrogen-bond acceptors (Lipinski definition) is 6. The standard InChI is InChI=1S/C34H33Cl2F5N4O6/c1-18(2)26(28(46)34(40,41)32(50)42-17-33(37,38)39)44-31(49)27(20-10-12-24(51-3)13-11-20)45-30(48)25(15-19-6-4-8-22(35)14-19)43-29(47)21-7-5-9-23(36)16-21/h4-14,16,18,25-27H,15,17H2,1-3H3,(H,42,50)(H,43,47)(H,44,49)(H,45,48). The van der Waals surface area contributed by atoms with Crippen LogP contribution in [-0.2, 0) is 25.6 Å². The van der Waals surface area contributed by atoms with Gasteiger partial charge in [0, 0.05) is 22.0 Å². The number of rotatable bonds is 15. The molecule has 4 N–H and O–H groups in total. The van der Waals surface area contributed by atoms with E-state index in [0.29, 0.717) is 16.3 Å². The molecule has 3 unspecified atom stereocenters. The van der Waals surface area contributed by atoms with Crippen molar-refractivity contribution in [1.29, 1.82) is 0 Å². The summed E-state index contributed by atoms with van der Waals surface area (Å²) in [4.78, 5) is 65.8. The molecule has 3 atom stereocenters. The second kappa shape index (κ2) is 17.4.